The first-order chi connectivity index (χ1) is 9.01. The van der Waals surface area contributed by atoms with Gasteiger partial charge in [-0.3, -0.25) is 0 Å². The van der Waals surface area contributed by atoms with Gasteiger partial charge in [0, 0.05) is 5.92 Å². The summed E-state index contributed by atoms with van der Waals surface area (Å²) in [7, 11) is 1.63. The molecule has 1 aromatic carbocycles. The summed E-state index contributed by atoms with van der Waals surface area (Å²) < 4.78 is 10.3. The number of ether oxygens (including phenoxy) is 2. The van der Waals surface area contributed by atoms with E-state index in [0.717, 1.165) is 16.9 Å². The van der Waals surface area contributed by atoms with Crippen molar-refractivity contribution in [3.63, 3.8) is 0 Å². The molecule has 0 fully saturated rings. The summed E-state index contributed by atoms with van der Waals surface area (Å²) in [5.41, 5.74) is 2.25. The Kier molecular flexibility index (Phi) is 3.69. The first-order valence-corrected chi connectivity index (χ1v) is 6.18. The quantitative estimate of drug-likeness (QED) is 0.619. The number of hydrogen-bond acceptors (Lipinski definition) is 4. The summed E-state index contributed by atoms with van der Waals surface area (Å²) in [5, 5.41) is 0. The molecule has 1 heterocycles. The summed E-state index contributed by atoms with van der Waals surface area (Å²) in [6, 6.07) is 5.70. The number of methoxy groups -OCH3 is 1. The van der Waals surface area contributed by atoms with Gasteiger partial charge in [0.1, 0.15) is 5.75 Å². The van der Waals surface area contributed by atoms with Gasteiger partial charge in [-0.25, -0.2) is 9.79 Å². The maximum absolute atomic E-state index is 11.7. The highest BCUT2D eigenvalue weighted by molar-refractivity contribution is 6.07. The molecule has 4 nitrogen and oxygen atoms in total. The smallest absolute Gasteiger partial charge is 0.363 e. The Bertz CT molecular complexity index is 571. The molecular formula is C15H17NO3. The number of carbonyl (C=O) groups excluding carboxylic acids is 1. The second kappa shape index (κ2) is 5.26. The lowest BCUT2D eigenvalue weighted by atomic mass is 10.1. The van der Waals surface area contributed by atoms with Crippen molar-refractivity contribution < 1.29 is 14.3 Å². The van der Waals surface area contributed by atoms with E-state index in [1.54, 1.807) is 13.2 Å². The van der Waals surface area contributed by atoms with Crippen molar-refractivity contribution in [2.45, 2.75) is 20.8 Å². The molecular weight excluding hydrogens is 242 g/mol. The molecule has 0 bridgehead atoms. The SMILES string of the molecule is COc1ccc(/C=C2/N=C(C(C)C)OC2=O)cc1C. The third kappa shape index (κ3) is 2.84. The average Bonchev–Trinajstić information content (AvgIpc) is 2.71. The van der Waals surface area contributed by atoms with Gasteiger partial charge in [0.05, 0.1) is 7.11 Å². The van der Waals surface area contributed by atoms with Crippen molar-refractivity contribution in [2.75, 3.05) is 7.11 Å². The van der Waals surface area contributed by atoms with E-state index in [1.165, 1.54) is 0 Å². The fourth-order valence-corrected chi connectivity index (χ4v) is 1.82. The molecule has 2 rings (SSSR count). The van der Waals surface area contributed by atoms with Crippen LogP contribution in [0, 0.1) is 12.8 Å². The molecule has 100 valence electrons. The predicted molar refractivity (Wildman–Crippen MR) is 74.1 cm³/mol. The predicted octanol–water partition coefficient (Wildman–Crippen LogP) is 2.96. The highest BCUT2D eigenvalue weighted by Crippen LogP contribution is 2.22. The van der Waals surface area contributed by atoms with Crippen LogP contribution < -0.4 is 4.74 Å². The van der Waals surface area contributed by atoms with E-state index in [2.05, 4.69) is 4.99 Å². The first kappa shape index (κ1) is 13.3. The average molecular weight is 259 g/mol. The first-order valence-electron chi connectivity index (χ1n) is 6.18. The molecule has 19 heavy (non-hydrogen) atoms. The highest BCUT2D eigenvalue weighted by Gasteiger charge is 2.24. The Morgan fingerprint density at radius 2 is 2.11 bits per heavy atom. The fourth-order valence-electron chi connectivity index (χ4n) is 1.82. The van der Waals surface area contributed by atoms with Crippen molar-refractivity contribution in [1.82, 2.24) is 0 Å². The standard InChI is InChI=1S/C15H17NO3/c1-9(2)14-16-12(15(17)19-14)8-11-5-6-13(18-4)10(3)7-11/h5-9H,1-4H3/b12-8+. The molecule has 1 aliphatic heterocycles. The van der Waals surface area contributed by atoms with E-state index in [4.69, 9.17) is 9.47 Å². The molecule has 0 atom stereocenters. The third-order valence-corrected chi connectivity index (χ3v) is 2.85. The maximum atomic E-state index is 11.7. The molecule has 4 heteroatoms. The number of hydrogen-bond donors (Lipinski definition) is 0. The van der Waals surface area contributed by atoms with E-state index < -0.39 is 5.97 Å². The number of esters is 1. The molecule has 0 spiro atoms. The zero-order valence-corrected chi connectivity index (χ0v) is 11.6. The van der Waals surface area contributed by atoms with Crippen LogP contribution in [0.15, 0.2) is 28.9 Å². The monoisotopic (exact) mass is 259 g/mol. The van der Waals surface area contributed by atoms with E-state index in [1.807, 2.05) is 39.0 Å². The molecule has 0 radical (unpaired) electrons. The minimum absolute atomic E-state index is 0.104. The Labute approximate surface area is 112 Å². The van der Waals surface area contributed by atoms with Gasteiger partial charge in [0.15, 0.2) is 5.70 Å². The van der Waals surface area contributed by atoms with Crippen LogP contribution in [0.4, 0.5) is 0 Å². The van der Waals surface area contributed by atoms with Crippen molar-refractivity contribution in [1.29, 1.82) is 0 Å². The van der Waals surface area contributed by atoms with Crippen LogP contribution in [0.5, 0.6) is 5.75 Å². The molecule has 0 aromatic heterocycles. The summed E-state index contributed by atoms with van der Waals surface area (Å²) in [6.45, 7) is 5.83. The minimum atomic E-state index is -0.392. The Balaban J connectivity index is 2.31. The second-order valence-electron chi connectivity index (χ2n) is 4.75. The van der Waals surface area contributed by atoms with Gasteiger partial charge in [-0.1, -0.05) is 19.9 Å². The number of cyclic esters (lactones) is 1. The largest absolute Gasteiger partial charge is 0.496 e. The topological polar surface area (TPSA) is 47.9 Å². The third-order valence-electron chi connectivity index (χ3n) is 2.85. The lowest BCUT2D eigenvalue weighted by Gasteiger charge is -2.04. The van der Waals surface area contributed by atoms with Gasteiger partial charge in [0.25, 0.3) is 0 Å². The molecule has 0 saturated carbocycles. The van der Waals surface area contributed by atoms with Gasteiger partial charge < -0.3 is 9.47 Å². The highest BCUT2D eigenvalue weighted by atomic mass is 16.6. The molecule has 0 saturated heterocycles. The number of aryl methyl sites for hydroxylation is 1. The fraction of sp³-hybridized carbons (Fsp3) is 0.333. The Morgan fingerprint density at radius 1 is 1.37 bits per heavy atom. The molecule has 0 aliphatic carbocycles. The van der Waals surface area contributed by atoms with Gasteiger partial charge >= 0.3 is 5.97 Å². The number of rotatable bonds is 3. The number of carbonyl (C=O) groups is 1. The molecule has 1 aromatic rings. The van der Waals surface area contributed by atoms with E-state index in [0.29, 0.717) is 11.6 Å². The van der Waals surface area contributed by atoms with Crippen LogP contribution in [0.1, 0.15) is 25.0 Å². The van der Waals surface area contributed by atoms with E-state index >= 15 is 0 Å². The minimum Gasteiger partial charge on any atom is -0.496 e. The number of benzene rings is 1. The Hall–Kier alpha value is -2.10. The molecule has 0 unspecified atom stereocenters. The van der Waals surface area contributed by atoms with Gasteiger partial charge in [-0.05, 0) is 36.3 Å². The van der Waals surface area contributed by atoms with Gasteiger partial charge in [-0.15, -0.1) is 0 Å². The van der Waals surface area contributed by atoms with Crippen LogP contribution in [-0.2, 0) is 9.53 Å². The lowest BCUT2D eigenvalue weighted by Crippen LogP contribution is -2.09. The molecule has 0 N–H and O–H groups in total. The normalized spacial score (nSPS) is 16.8. The van der Waals surface area contributed by atoms with Crippen LogP contribution in [0.3, 0.4) is 0 Å². The summed E-state index contributed by atoms with van der Waals surface area (Å²) in [6.07, 6.45) is 1.73. The zero-order chi connectivity index (χ0) is 14.0. The van der Waals surface area contributed by atoms with E-state index in [9.17, 15) is 4.79 Å². The molecule has 1 aliphatic rings. The lowest BCUT2D eigenvalue weighted by molar-refractivity contribution is -0.130. The maximum Gasteiger partial charge on any atom is 0.363 e. The van der Waals surface area contributed by atoms with Crippen molar-refractivity contribution in [2.24, 2.45) is 10.9 Å². The number of aliphatic imine (C=N–C) groups is 1. The van der Waals surface area contributed by atoms with Crippen LogP contribution >= 0.6 is 0 Å². The zero-order valence-electron chi connectivity index (χ0n) is 11.6. The second-order valence-corrected chi connectivity index (χ2v) is 4.75. The van der Waals surface area contributed by atoms with Crippen molar-refractivity contribution >= 4 is 17.9 Å². The van der Waals surface area contributed by atoms with Crippen LogP contribution in [0.25, 0.3) is 6.08 Å². The van der Waals surface area contributed by atoms with Crippen LogP contribution in [0.2, 0.25) is 0 Å². The number of nitrogens with zero attached hydrogens (tertiary/aromatic N) is 1. The van der Waals surface area contributed by atoms with E-state index in [-0.39, 0.29) is 5.92 Å². The summed E-state index contributed by atoms with van der Waals surface area (Å²) in [5.74, 6) is 1.01. The van der Waals surface area contributed by atoms with Gasteiger partial charge in [0.2, 0.25) is 5.90 Å². The summed E-state index contributed by atoms with van der Waals surface area (Å²) in [4.78, 5) is 15.9. The molecule has 0 amide bonds. The summed E-state index contributed by atoms with van der Waals surface area (Å²) >= 11 is 0. The van der Waals surface area contributed by atoms with Crippen molar-refractivity contribution in [3.05, 3.63) is 35.0 Å². The Morgan fingerprint density at radius 3 is 2.63 bits per heavy atom. The van der Waals surface area contributed by atoms with Crippen LogP contribution in [-0.4, -0.2) is 19.0 Å². The van der Waals surface area contributed by atoms with Gasteiger partial charge in [-0.2, -0.15) is 0 Å². The van der Waals surface area contributed by atoms with Crippen molar-refractivity contribution in [3.8, 4) is 5.75 Å².